The van der Waals surface area contributed by atoms with Crippen LogP contribution >= 0.6 is 11.3 Å². The lowest BCUT2D eigenvalue weighted by Gasteiger charge is -2.07. The number of carbonyl (C=O) groups is 1. The third kappa shape index (κ3) is 5.55. The van der Waals surface area contributed by atoms with Crippen LogP contribution in [0, 0.1) is 19.7 Å². The van der Waals surface area contributed by atoms with Crippen LogP contribution in [0.4, 0.5) is 10.3 Å². The molecule has 0 atom stereocenters. The Hall–Kier alpha value is -3.52. The summed E-state index contributed by atoms with van der Waals surface area (Å²) in [4.78, 5) is 17.2. The van der Waals surface area contributed by atoms with Crippen LogP contribution < -0.4 is 10.1 Å². The Balaban J connectivity index is 1.34. The van der Waals surface area contributed by atoms with E-state index in [-0.39, 0.29) is 17.7 Å². The molecule has 2 aromatic carbocycles. The van der Waals surface area contributed by atoms with Crippen molar-refractivity contribution in [1.82, 2.24) is 14.8 Å². The van der Waals surface area contributed by atoms with Crippen LogP contribution in [-0.2, 0) is 13.2 Å². The number of benzene rings is 2. The number of aryl methyl sites for hydroxylation is 2. The molecule has 0 saturated heterocycles. The Bertz CT molecular complexity index is 1200. The second-order valence-electron chi connectivity index (χ2n) is 7.28. The molecule has 2 aromatic heterocycles. The molecule has 0 spiro atoms. The number of nitrogens with zero attached hydrogens (tertiary/aromatic N) is 3. The first-order chi connectivity index (χ1) is 14.9. The molecular weight excluding hydrogens is 415 g/mol. The topological polar surface area (TPSA) is 69.0 Å². The van der Waals surface area contributed by atoms with E-state index in [1.165, 1.54) is 29.8 Å². The van der Waals surface area contributed by atoms with Gasteiger partial charge in [0.15, 0.2) is 0 Å². The van der Waals surface area contributed by atoms with E-state index in [1.54, 1.807) is 22.9 Å². The molecule has 0 radical (unpaired) electrons. The van der Waals surface area contributed by atoms with Gasteiger partial charge in [0, 0.05) is 5.56 Å². The normalized spacial score (nSPS) is 10.8. The smallest absolute Gasteiger partial charge is 0.268 e. The zero-order valence-electron chi connectivity index (χ0n) is 17.1. The summed E-state index contributed by atoms with van der Waals surface area (Å²) in [6.45, 7) is 4.80. The molecule has 2 heterocycles. The number of thiophene rings is 1. The van der Waals surface area contributed by atoms with E-state index in [0.29, 0.717) is 18.0 Å². The highest BCUT2D eigenvalue weighted by atomic mass is 32.1. The van der Waals surface area contributed by atoms with Crippen LogP contribution in [0.1, 0.15) is 31.9 Å². The van der Waals surface area contributed by atoms with E-state index in [1.807, 2.05) is 31.4 Å². The molecule has 0 unspecified atom stereocenters. The highest BCUT2D eigenvalue weighted by molar-refractivity contribution is 7.12. The van der Waals surface area contributed by atoms with Crippen LogP contribution in [0.25, 0.3) is 0 Å². The van der Waals surface area contributed by atoms with E-state index >= 15 is 0 Å². The number of ether oxygens (including phenoxy) is 1. The van der Waals surface area contributed by atoms with E-state index in [0.717, 1.165) is 28.0 Å². The van der Waals surface area contributed by atoms with Crippen molar-refractivity contribution >= 4 is 23.2 Å². The molecule has 0 aliphatic heterocycles. The number of halogens is 1. The van der Waals surface area contributed by atoms with Gasteiger partial charge in [0.2, 0.25) is 5.95 Å². The Morgan fingerprint density at radius 3 is 2.71 bits per heavy atom. The van der Waals surface area contributed by atoms with Crippen LogP contribution in [0.5, 0.6) is 5.75 Å². The standard InChI is InChI=1S/C23H21FN4O2S/c1-15-6-16(2)8-20(7-15)30-12-18-10-21(31-13-18)22(29)26-23-25-14-28(27-23)11-17-4-3-5-19(24)9-17/h3-10,13-14H,11-12H2,1-2H3,(H,26,27,29). The fourth-order valence-corrected chi connectivity index (χ4v) is 3.96. The fraction of sp³-hybridized carbons (Fsp3) is 0.174. The van der Waals surface area contributed by atoms with Crippen molar-refractivity contribution in [3.05, 3.63) is 93.2 Å². The summed E-state index contributed by atoms with van der Waals surface area (Å²) in [5.41, 5.74) is 3.96. The van der Waals surface area contributed by atoms with Crippen molar-refractivity contribution in [2.24, 2.45) is 0 Å². The molecule has 0 aliphatic rings. The Kier molecular flexibility index (Phi) is 6.08. The van der Waals surface area contributed by atoms with Gasteiger partial charge < -0.3 is 4.74 Å². The number of amides is 1. The van der Waals surface area contributed by atoms with Gasteiger partial charge >= 0.3 is 0 Å². The van der Waals surface area contributed by atoms with Crippen LogP contribution in [0.3, 0.4) is 0 Å². The number of carbonyl (C=O) groups excluding carboxylic acids is 1. The highest BCUT2D eigenvalue weighted by Crippen LogP contribution is 2.21. The number of aromatic nitrogens is 3. The third-order valence-corrected chi connectivity index (χ3v) is 5.45. The van der Waals surface area contributed by atoms with E-state index in [4.69, 9.17) is 4.74 Å². The SMILES string of the molecule is Cc1cc(C)cc(OCc2csc(C(=O)Nc3ncn(Cc4cccc(F)c4)n3)c2)c1. The fourth-order valence-electron chi connectivity index (χ4n) is 3.17. The summed E-state index contributed by atoms with van der Waals surface area (Å²) in [5.74, 6) is 0.415. The maximum absolute atomic E-state index is 13.3. The van der Waals surface area contributed by atoms with Crippen LogP contribution in [0.15, 0.2) is 60.2 Å². The van der Waals surface area contributed by atoms with Crippen molar-refractivity contribution in [2.45, 2.75) is 27.0 Å². The number of anilines is 1. The van der Waals surface area contributed by atoms with Crippen molar-refractivity contribution in [3.63, 3.8) is 0 Å². The van der Waals surface area contributed by atoms with Gasteiger partial charge in [-0.2, -0.15) is 0 Å². The molecule has 8 heteroatoms. The van der Waals surface area contributed by atoms with Crippen LogP contribution in [-0.4, -0.2) is 20.7 Å². The average molecular weight is 437 g/mol. The van der Waals surface area contributed by atoms with Gasteiger partial charge in [0.25, 0.3) is 5.91 Å². The average Bonchev–Trinajstić information content (AvgIpc) is 3.35. The minimum Gasteiger partial charge on any atom is -0.489 e. The lowest BCUT2D eigenvalue weighted by molar-refractivity contribution is 0.102. The van der Waals surface area contributed by atoms with Gasteiger partial charge in [-0.1, -0.05) is 18.2 Å². The minimum absolute atomic E-state index is 0.197. The largest absolute Gasteiger partial charge is 0.489 e. The number of hydrogen-bond acceptors (Lipinski definition) is 5. The molecule has 0 fully saturated rings. The second-order valence-corrected chi connectivity index (χ2v) is 8.19. The molecular formula is C23H21FN4O2S. The van der Waals surface area contributed by atoms with Crippen LogP contribution in [0.2, 0.25) is 0 Å². The zero-order chi connectivity index (χ0) is 21.8. The molecule has 0 bridgehead atoms. The van der Waals surface area contributed by atoms with E-state index < -0.39 is 0 Å². The first kappa shape index (κ1) is 20.7. The summed E-state index contributed by atoms with van der Waals surface area (Å²) in [6.07, 6.45) is 1.50. The number of hydrogen-bond donors (Lipinski definition) is 1. The van der Waals surface area contributed by atoms with Gasteiger partial charge in [-0.05, 0) is 66.2 Å². The molecule has 6 nitrogen and oxygen atoms in total. The zero-order valence-corrected chi connectivity index (χ0v) is 17.9. The predicted octanol–water partition coefficient (Wildman–Crippen LogP) is 4.98. The van der Waals surface area contributed by atoms with E-state index in [9.17, 15) is 9.18 Å². The molecule has 0 aliphatic carbocycles. The molecule has 4 rings (SSSR count). The van der Waals surface area contributed by atoms with Crippen molar-refractivity contribution in [3.8, 4) is 5.75 Å². The molecule has 1 amide bonds. The van der Waals surface area contributed by atoms with Crippen molar-refractivity contribution in [1.29, 1.82) is 0 Å². The minimum atomic E-state index is -0.304. The van der Waals surface area contributed by atoms with Gasteiger partial charge in [-0.15, -0.1) is 16.4 Å². The van der Waals surface area contributed by atoms with E-state index in [2.05, 4.69) is 21.5 Å². The first-order valence-electron chi connectivity index (χ1n) is 9.68. The monoisotopic (exact) mass is 436 g/mol. The summed E-state index contributed by atoms with van der Waals surface area (Å²) in [6, 6.07) is 14.1. The van der Waals surface area contributed by atoms with Gasteiger partial charge in [0.1, 0.15) is 24.5 Å². The molecule has 1 N–H and O–H groups in total. The maximum Gasteiger partial charge on any atom is 0.268 e. The molecule has 31 heavy (non-hydrogen) atoms. The Labute approximate surface area is 183 Å². The summed E-state index contributed by atoms with van der Waals surface area (Å²) < 4.78 is 20.7. The molecule has 158 valence electrons. The third-order valence-electron chi connectivity index (χ3n) is 4.47. The quantitative estimate of drug-likeness (QED) is 0.444. The lowest BCUT2D eigenvalue weighted by atomic mass is 10.1. The summed E-state index contributed by atoms with van der Waals surface area (Å²) >= 11 is 1.33. The second kappa shape index (κ2) is 9.09. The Morgan fingerprint density at radius 1 is 1.13 bits per heavy atom. The van der Waals surface area contributed by atoms with Gasteiger partial charge in [0.05, 0.1) is 11.4 Å². The van der Waals surface area contributed by atoms with Crippen molar-refractivity contribution < 1.29 is 13.9 Å². The van der Waals surface area contributed by atoms with Gasteiger partial charge in [-0.3, -0.25) is 10.1 Å². The lowest BCUT2D eigenvalue weighted by Crippen LogP contribution is -2.12. The Morgan fingerprint density at radius 2 is 1.94 bits per heavy atom. The first-order valence-corrected chi connectivity index (χ1v) is 10.6. The predicted molar refractivity (Wildman–Crippen MR) is 118 cm³/mol. The molecule has 0 saturated carbocycles. The van der Waals surface area contributed by atoms with Gasteiger partial charge in [-0.25, -0.2) is 14.1 Å². The number of nitrogens with one attached hydrogen (secondary N) is 1. The number of rotatable bonds is 7. The maximum atomic E-state index is 13.3. The summed E-state index contributed by atoms with van der Waals surface area (Å²) in [7, 11) is 0. The highest BCUT2D eigenvalue weighted by Gasteiger charge is 2.13. The van der Waals surface area contributed by atoms with Crippen molar-refractivity contribution in [2.75, 3.05) is 5.32 Å². The summed E-state index contributed by atoms with van der Waals surface area (Å²) in [5, 5.41) is 8.82. The molecule has 4 aromatic rings.